The smallest absolute Gasteiger partial charge is 0.164 e. The Hall–Kier alpha value is -7.61. The molecular formula is C52H34N6S. The molecule has 0 fully saturated rings. The Labute approximate surface area is 347 Å². The summed E-state index contributed by atoms with van der Waals surface area (Å²) >= 11 is 4.30. The van der Waals surface area contributed by atoms with Crippen molar-refractivity contribution in [3.63, 3.8) is 0 Å². The Morgan fingerprint density at radius 3 is 1.31 bits per heavy atom. The summed E-state index contributed by atoms with van der Waals surface area (Å²) in [5.41, 5.74) is 14.3. The number of hydrogen-bond acceptors (Lipinski definition) is 7. The number of fused-ring (bicyclic) bond motifs is 3. The van der Waals surface area contributed by atoms with Gasteiger partial charge in [-0.05, 0) is 82.6 Å². The molecule has 278 valence electrons. The van der Waals surface area contributed by atoms with Crippen molar-refractivity contribution in [2.45, 2.75) is 0 Å². The third kappa shape index (κ3) is 6.94. The van der Waals surface area contributed by atoms with Crippen LogP contribution in [0.15, 0.2) is 192 Å². The molecule has 10 rings (SSSR count). The van der Waals surface area contributed by atoms with Crippen molar-refractivity contribution in [1.82, 2.24) is 19.9 Å². The highest BCUT2D eigenvalue weighted by Crippen LogP contribution is 2.37. The van der Waals surface area contributed by atoms with Gasteiger partial charge in [-0.15, -0.1) is 0 Å². The largest absolute Gasteiger partial charge is 0.299 e. The zero-order valence-corrected chi connectivity index (χ0v) is 32.6. The first-order valence-corrected chi connectivity index (χ1v) is 19.7. The van der Waals surface area contributed by atoms with E-state index in [1.807, 2.05) is 72.8 Å². The summed E-state index contributed by atoms with van der Waals surface area (Å²) in [6.45, 7) is 0. The lowest BCUT2D eigenvalue weighted by Gasteiger charge is -2.20. The Balaban J connectivity index is 1.11. The van der Waals surface area contributed by atoms with E-state index in [0.717, 1.165) is 83.4 Å². The van der Waals surface area contributed by atoms with Crippen molar-refractivity contribution < 1.29 is 0 Å². The quantitative estimate of drug-likeness (QED) is 0.158. The maximum Gasteiger partial charge on any atom is 0.164 e. The van der Waals surface area contributed by atoms with Crippen LogP contribution in [0.1, 0.15) is 11.1 Å². The van der Waals surface area contributed by atoms with Crippen molar-refractivity contribution in [2.75, 3.05) is 0 Å². The molecule has 7 aromatic carbocycles. The number of pyridine rings is 1. The summed E-state index contributed by atoms with van der Waals surface area (Å²) < 4.78 is 4.27. The third-order valence-electron chi connectivity index (χ3n) is 10.6. The highest BCUT2D eigenvalue weighted by atomic mass is 32.1. The van der Waals surface area contributed by atoms with E-state index in [0.29, 0.717) is 28.9 Å². The first kappa shape index (κ1) is 35.8. The first-order valence-electron chi connectivity index (χ1n) is 19.3. The lowest BCUT2D eigenvalue weighted by Crippen LogP contribution is -2.18. The van der Waals surface area contributed by atoms with E-state index >= 15 is 0 Å². The maximum atomic E-state index is 8.65. The minimum atomic E-state index is 0.311. The van der Waals surface area contributed by atoms with Crippen LogP contribution in [0.5, 0.6) is 0 Å². The highest BCUT2D eigenvalue weighted by Gasteiger charge is 2.24. The molecule has 0 saturated heterocycles. The van der Waals surface area contributed by atoms with Crippen LogP contribution in [0, 0.1) is 5.41 Å². The number of nitrogens with one attached hydrogen (secondary N) is 1. The fourth-order valence-corrected chi connectivity index (χ4v) is 7.92. The summed E-state index contributed by atoms with van der Waals surface area (Å²) in [6.07, 6.45) is 3.72. The Morgan fingerprint density at radius 2 is 0.814 bits per heavy atom. The minimum absolute atomic E-state index is 0.311. The molecule has 9 aromatic rings. The SMILES string of the molecule is N=C1C=Cc2c(-c3ccccc3)nc3cc(-c4cccc(-c5nc(-c6cccc(-c7ccccc7)c6)nc(-c6cccc(-c7ccccc7)c6)n5)c4)ccc3c2/C1=N/S. The van der Waals surface area contributed by atoms with E-state index in [1.165, 1.54) is 0 Å². The molecule has 0 saturated carbocycles. The van der Waals surface area contributed by atoms with E-state index in [9.17, 15) is 0 Å². The van der Waals surface area contributed by atoms with Gasteiger partial charge in [0, 0.05) is 38.8 Å². The lowest BCUT2D eigenvalue weighted by atomic mass is 9.87. The third-order valence-corrected chi connectivity index (χ3v) is 10.8. The average Bonchev–Trinajstić information content (AvgIpc) is 3.32. The predicted octanol–water partition coefficient (Wildman–Crippen LogP) is 12.8. The molecule has 6 nitrogen and oxygen atoms in total. The van der Waals surface area contributed by atoms with Crippen molar-refractivity contribution >= 4 is 41.2 Å². The maximum absolute atomic E-state index is 8.65. The van der Waals surface area contributed by atoms with Crippen LogP contribution in [0.2, 0.25) is 0 Å². The molecule has 1 N–H and O–H groups in total. The van der Waals surface area contributed by atoms with Gasteiger partial charge in [-0.3, -0.25) is 5.41 Å². The van der Waals surface area contributed by atoms with Crippen molar-refractivity contribution in [2.24, 2.45) is 4.40 Å². The van der Waals surface area contributed by atoms with Crippen LogP contribution in [0.4, 0.5) is 0 Å². The molecule has 0 bridgehead atoms. The second kappa shape index (κ2) is 15.4. The number of aromatic nitrogens is 4. The standard InChI is InChI=1S/C52H34N6S/c53-45-28-27-44-47(49(45)58-59)43-26-25-39(32-46(43)54-48(44)35-17-8-3-9-18-35)38-21-12-24-42(31-38)52-56-50(40-22-10-19-36(29-40)33-13-4-1-5-14-33)55-51(57-52)41-23-11-20-37(30-41)34-15-6-2-7-16-34/h1-32,53,59H/b53-45?,58-49+. The van der Waals surface area contributed by atoms with Gasteiger partial charge in [-0.2, -0.15) is 0 Å². The molecule has 0 unspecified atom stereocenters. The van der Waals surface area contributed by atoms with Gasteiger partial charge in [0.2, 0.25) is 0 Å². The Kier molecular flexibility index (Phi) is 9.33. The van der Waals surface area contributed by atoms with Crippen molar-refractivity contribution in [3.8, 4) is 78.8 Å². The zero-order valence-electron chi connectivity index (χ0n) is 31.7. The van der Waals surface area contributed by atoms with E-state index in [1.54, 1.807) is 6.08 Å². The molecular weight excluding hydrogens is 741 g/mol. The number of thiol groups is 1. The van der Waals surface area contributed by atoms with E-state index in [2.05, 4.69) is 132 Å². The lowest BCUT2D eigenvalue weighted by molar-refractivity contribution is 1.07. The topological polar surface area (TPSA) is 87.8 Å². The van der Waals surface area contributed by atoms with Gasteiger partial charge in [0.25, 0.3) is 0 Å². The number of benzene rings is 7. The van der Waals surface area contributed by atoms with Gasteiger partial charge in [0.1, 0.15) is 5.71 Å². The summed E-state index contributed by atoms with van der Waals surface area (Å²) in [4.78, 5) is 20.6. The van der Waals surface area contributed by atoms with Gasteiger partial charge < -0.3 is 0 Å². The van der Waals surface area contributed by atoms with E-state index < -0.39 is 0 Å². The molecule has 1 aliphatic rings. The second-order valence-corrected chi connectivity index (χ2v) is 14.5. The van der Waals surface area contributed by atoms with Crippen LogP contribution in [-0.4, -0.2) is 31.4 Å². The molecule has 59 heavy (non-hydrogen) atoms. The Bertz CT molecular complexity index is 3020. The van der Waals surface area contributed by atoms with Gasteiger partial charge in [0.05, 0.1) is 16.9 Å². The fraction of sp³-hybridized carbons (Fsp3) is 0. The van der Waals surface area contributed by atoms with Gasteiger partial charge >= 0.3 is 0 Å². The highest BCUT2D eigenvalue weighted by molar-refractivity contribution is 7.79. The van der Waals surface area contributed by atoms with Crippen LogP contribution in [0.25, 0.3) is 95.8 Å². The molecule has 1 aliphatic carbocycles. The van der Waals surface area contributed by atoms with Crippen molar-refractivity contribution in [1.29, 1.82) is 5.41 Å². The van der Waals surface area contributed by atoms with E-state index in [-0.39, 0.29) is 0 Å². The summed E-state index contributed by atoms with van der Waals surface area (Å²) in [7, 11) is 0. The fourth-order valence-electron chi connectivity index (χ4n) is 7.71. The molecule has 2 aromatic heterocycles. The van der Waals surface area contributed by atoms with Crippen LogP contribution >= 0.6 is 12.8 Å². The van der Waals surface area contributed by atoms with Crippen molar-refractivity contribution in [3.05, 3.63) is 199 Å². The molecule has 7 heteroatoms. The summed E-state index contributed by atoms with van der Waals surface area (Å²) in [5.74, 6) is 1.75. The molecule has 0 radical (unpaired) electrons. The van der Waals surface area contributed by atoms with Crippen LogP contribution in [-0.2, 0) is 0 Å². The first-order chi connectivity index (χ1) is 29.1. The molecule has 2 heterocycles. The van der Waals surface area contributed by atoms with Gasteiger partial charge in [0.15, 0.2) is 17.5 Å². The molecule has 0 amide bonds. The van der Waals surface area contributed by atoms with E-state index in [4.69, 9.17) is 25.3 Å². The predicted molar refractivity (Wildman–Crippen MR) is 245 cm³/mol. The monoisotopic (exact) mass is 774 g/mol. The normalized spacial score (nSPS) is 12.8. The summed E-state index contributed by atoms with van der Waals surface area (Å²) in [5, 5.41) is 9.55. The van der Waals surface area contributed by atoms with Crippen LogP contribution < -0.4 is 0 Å². The number of rotatable bonds is 7. The van der Waals surface area contributed by atoms with Crippen LogP contribution in [0.3, 0.4) is 0 Å². The van der Waals surface area contributed by atoms with Gasteiger partial charge in [-0.1, -0.05) is 158 Å². The minimum Gasteiger partial charge on any atom is -0.299 e. The zero-order chi connectivity index (χ0) is 39.7. The molecule has 0 atom stereocenters. The number of hydrogen-bond donors (Lipinski definition) is 2. The summed E-state index contributed by atoms with van der Waals surface area (Å²) in [6, 6.07) is 62.1. The molecule has 0 aliphatic heterocycles. The number of allylic oxidation sites excluding steroid dienone is 1. The second-order valence-electron chi connectivity index (χ2n) is 14.3. The Morgan fingerprint density at radius 1 is 0.390 bits per heavy atom. The van der Waals surface area contributed by atoms with Gasteiger partial charge in [-0.25, -0.2) is 24.3 Å². The average molecular weight is 775 g/mol. The number of nitrogens with zero attached hydrogens (tertiary/aromatic N) is 5. The molecule has 0 spiro atoms.